The van der Waals surface area contributed by atoms with E-state index in [9.17, 15) is 0 Å². The number of hydrogen-bond donors (Lipinski definition) is 1. The highest BCUT2D eigenvalue weighted by Gasteiger charge is 2.20. The monoisotopic (exact) mass is 214 g/mol. The van der Waals surface area contributed by atoms with Gasteiger partial charge in [0.05, 0.1) is 16.9 Å². The summed E-state index contributed by atoms with van der Waals surface area (Å²) in [6, 6.07) is 0.321. The first-order chi connectivity index (χ1) is 6.66. The highest BCUT2D eigenvalue weighted by molar-refractivity contribution is 6.31. The van der Waals surface area contributed by atoms with E-state index in [1.165, 1.54) is 0 Å². The maximum Gasteiger partial charge on any atom is 0.0831 e. The molecule has 0 saturated carbocycles. The van der Waals surface area contributed by atoms with Crippen LogP contribution in [0.4, 0.5) is 0 Å². The highest BCUT2D eigenvalue weighted by Crippen LogP contribution is 2.18. The molecule has 1 aliphatic heterocycles. The van der Waals surface area contributed by atoms with Gasteiger partial charge in [-0.05, 0) is 6.42 Å². The Kier molecular flexibility index (Phi) is 2.76. The molecule has 1 saturated heterocycles. The van der Waals surface area contributed by atoms with Gasteiger partial charge in [0.25, 0.3) is 0 Å². The molecule has 4 nitrogen and oxygen atoms in total. The molecule has 0 spiro atoms. The fourth-order valence-electron chi connectivity index (χ4n) is 1.83. The predicted octanol–water partition coefficient (Wildman–Crippen LogP) is 0.607. The van der Waals surface area contributed by atoms with Crippen LogP contribution in [0.3, 0.4) is 0 Å². The molecular formula is C9H15ClN4. The van der Waals surface area contributed by atoms with E-state index in [0.717, 1.165) is 36.8 Å². The summed E-state index contributed by atoms with van der Waals surface area (Å²) in [7, 11) is 1.91. The van der Waals surface area contributed by atoms with Crippen molar-refractivity contribution in [3.05, 3.63) is 16.9 Å². The number of halogens is 1. The summed E-state index contributed by atoms with van der Waals surface area (Å²) in [4.78, 5) is 2.31. The molecule has 0 bridgehead atoms. The molecule has 1 aromatic heterocycles. The van der Waals surface area contributed by atoms with Gasteiger partial charge in [-0.2, -0.15) is 5.10 Å². The quantitative estimate of drug-likeness (QED) is 0.785. The van der Waals surface area contributed by atoms with Crippen LogP contribution in [0.15, 0.2) is 6.20 Å². The Hall–Kier alpha value is -0.580. The standard InChI is InChI=1S/C9H15ClN4/c1-13-9(8(10)4-12-13)6-14-3-2-7(11)5-14/h4,7H,2-3,5-6,11H2,1H3/t7-/m1/s1. The van der Waals surface area contributed by atoms with Crippen LogP contribution in [0.1, 0.15) is 12.1 Å². The molecule has 14 heavy (non-hydrogen) atoms. The summed E-state index contributed by atoms with van der Waals surface area (Å²) < 4.78 is 1.83. The van der Waals surface area contributed by atoms with Crippen LogP contribution in [0.2, 0.25) is 5.02 Å². The second kappa shape index (κ2) is 3.88. The topological polar surface area (TPSA) is 47.1 Å². The lowest BCUT2D eigenvalue weighted by Gasteiger charge is -2.15. The first-order valence-corrected chi connectivity index (χ1v) is 5.19. The number of likely N-dealkylation sites (tertiary alicyclic amines) is 1. The zero-order valence-electron chi connectivity index (χ0n) is 8.28. The van der Waals surface area contributed by atoms with Crippen molar-refractivity contribution in [3.8, 4) is 0 Å². The number of aryl methyl sites for hydroxylation is 1. The van der Waals surface area contributed by atoms with Crippen molar-refractivity contribution >= 4 is 11.6 Å². The van der Waals surface area contributed by atoms with E-state index in [4.69, 9.17) is 17.3 Å². The third-order valence-electron chi connectivity index (χ3n) is 2.69. The zero-order valence-corrected chi connectivity index (χ0v) is 9.04. The first kappa shape index (κ1) is 9.96. The number of nitrogens with zero attached hydrogens (tertiary/aromatic N) is 3. The van der Waals surface area contributed by atoms with E-state index in [0.29, 0.717) is 6.04 Å². The van der Waals surface area contributed by atoms with Crippen molar-refractivity contribution in [2.75, 3.05) is 13.1 Å². The summed E-state index contributed by atoms with van der Waals surface area (Å²) in [6.45, 7) is 2.87. The summed E-state index contributed by atoms with van der Waals surface area (Å²) in [6.07, 6.45) is 2.77. The predicted molar refractivity (Wildman–Crippen MR) is 56.1 cm³/mol. The average Bonchev–Trinajstić information content (AvgIpc) is 2.67. The third-order valence-corrected chi connectivity index (χ3v) is 3.01. The van der Waals surface area contributed by atoms with E-state index in [-0.39, 0.29) is 0 Å². The van der Waals surface area contributed by atoms with Gasteiger partial charge >= 0.3 is 0 Å². The molecule has 0 aromatic carbocycles. The summed E-state index contributed by atoms with van der Waals surface area (Å²) in [5.74, 6) is 0. The molecule has 0 unspecified atom stereocenters. The Bertz CT molecular complexity index is 303. The van der Waals surface area contributed by atoms with E-state index in [1.807, 2.05) is 11.7 Å². The van der Waals surface area contributed by atoms with Gasteiger partial charge in [0, 0.05) is 32.7 Å². The first-order valence-electron chi connectivity index (χ1n) is 4.81. The van der Waals surface area contributed by atoms with Gasteiger partial charge in [-0.1, -0.05) is 11.6 Å². The summed E-state index contributed by atoms with van der Waals surface area (Å²) >= 11 is 6.02. The van der Waals surface area contributed by atoms with Crippen molar-refractivity contribution in [3.63, 3.8) is 0 Å². The van der Waals surface area contributed by atoms with Crippen LogP contribution in [-0.4, -0.2) is 33.8 Å². The second-order valence-corrected chi connectivity index (χ2v) is 4.25. The van der Waals surface area contributed by atoms with E-state index in [1.54, 1.807) is 6.20 Å². The summed E-state index contributed by atoms with van der Waals surface area (Å²) in [5.41, 5.74) is 6.90. The van der Waals surface area contributed by atoms with Gasteiger partial charge in [0.1, 0.15) is 0 Å². The van der Waals surface area contributed by atoms with Gasteiger partial charge in [0.2, 0.25) is 0 Å². The minimum absolute atomic E-state index is 0.321. The van der Waals surface area contributed by atoms with Crippen molar-refractivity contribution in [1.29, 1.82) is 0 Å². The summed E-state index contributed by atoms with van der Waals surface area (Å²) in [5, 5.41) is 4.85. The number of aromatic nitrogens is 2. The largest absolute Gasteiger partial charge is 0.326 e. The molecule has 1 aromatic rings. The SMILES string of the molecule is Cn1ncc(Cl)c1CN1CC[C@@H](N)C1. The van der Waals surface area contributed by atoms with Crippen molar-refractivity contribution < 1.29 is 0 Å². The van der Waals surface area contributed by atoms with Crippen molar-refractivity contribution in [2.24, 2.45) is 12.8 Å². The van der Waals surface area contributed by atoms with Crippen LogP contribution in [0, 0.1) is 0 Å². The maximum absolute atomic E-state index is 6.02. The fourth-order valence-corrected chi connectivity index (χ4v) is 2.06. The van der Waals surface area contributed by atoms with E-state index in [2.05, 4.69) is 10.00 Å². The van der Waals surface area contributed by atoms with Gasteiger partial charge in [-0.25, -0.2) is 0 Å². The van der Waals surface area contributed by atoms with Crippen LogP contribution >= 0.6 is 11.6 Å². The molecule has 2 rings (SSSR count). The highest BCUT2D eigenvalue weighted by atomic mass is 35.5. The molecule has 5 heteroatoms. The Morgan fingerprint density at radius 1 is 1.71 bits per heavy atom. The molecule has 0 amide bonds. The third kappa shape index (κ3) is 1.92. The molecule has 2 N–H and O–H groups in total. The zero-order chi connectivity index (χ0) is 10.1. The molecular weight excluding hydrogens is 200 g/mol. The van der Waals surface area contributed by atoms with Crippen molar-refractivity contribution in [1.82, 2.24) is 14.7 Å². The Morgan fingerprint density at radius 2 is 2.50 bits per heavy atom. The smallest absolute Gasteiger partial charge is 0.0831 e. The fraction of sp³-hybridized carbons (Fsp3) is 0.667. The van der Waals surface area contributed by atoms with E-state index >= 15 is 0 Å². The molecule has 2 heterocycles. The van der Waals surface area contributed by atoms with Gasteiger partial charge < -0.3 is 5.73 Å². The minimum Gasteiger partial charge on any atom is -0.326 e. The molecule has 1 aliphatic rings. The average molecular weight is 215 g/mol. The molecule has 0 aliphatic carbocycles. The van der Waals surface area contributed by atoms with Crippen LogP contribution in [0.25, 0.3) is 0 Å². The normalized spacial score (nSPS) is 23.2. The van der Waals surface area contributed by atoms with Crippen molar-refractivity contribution in [2.45, 2.75) is 19.0 Å². The number of nitrogens with two attached hydrogens (primary N) is 1. The second-order valence-electron chi connectivity index (χ2n) is 3.85. The lowest BCUT2D eigenvalue weighted by molar-refractivity contribution is 0.317. The van der Waals surface area contributed by atoms with Crippen LogP contribution in [-0.2, 0) is 13.6 Å². The Morgan fingerprint density at radius 3 is 3.00 bits per heavy atom. The van der Waals surface area contributed by atoms with Gasteiger partial charge in [-0.3, -0.25) is 9.58 Å². The van der Waals surface area contributed by atoms with Gasteiger partial charge in [0.15, 0.2) is 0 Å². The number of rotatable bonds is 2. The van der Waals surface area contributed by atoms with Gasteiger partial charge in [-0.15, -0.1) is 0 Å². The van der Waals surface area contributed by atoms with E-state index < -0.39 is 0 Å². The van der Waals surface area contributed by atoms with Crippen LogP contribution < -0.4 is 5.73 Å². The molecule has 0 radical (unpaired) electrons. The lowest BCUT2D eigenvalue weighted by Crippen LogP contribution is -2.27. The van der Waals surface area contributed by atoms with Crippen LogP contribution in [0.5, 0.6) is 0 Å². The Balaban J connectivity index is 2.04. The maximum atomic E-state index is 6.02. The molecule has 1 fully saturated rings. The lowest BCUT2D eigenvalue weighted by atomic mass is 10.3. The molecule has 78 valence electrons. The molecule has 1 atom stereocenters. The Labute approximate surface area is 88.6 Å². The number of hydrogen-bond acceptors (Lipinski definition) is 3. The minimum atomic E-state index is 0.321.